The van der Waals surface area contributed by atoms with Gasteiger partial charge >= 0.3 is 11.9 Å². The van der Waals surface area contributed by atoms with Crippen LogP contribution in [0.4, 0.5) is 4.39 Å². The molecule has 1 saturated heterocycles. The highest BCUT2D eigenvalue weighted by Gasteiger charge is 2.17. The zero-order valence-corrected chi connectivity index (χ0v) is 16.3. The number of carboxylic acid groups (broad SMARTS) is 2. The number of halogens is 1. The molecule has 0 spiro atoms. The van der Waals surface area contributed by atoms with Gasteiger partial charge in [-0.1, -0.05) is 24.3 Å². The fourth-order valence-electron chi connectivity index (χ4n) is 2.94. The zero-order valence-electron chi connectivity index (χ0n) is 16.3. The second-order valence-corrected chi connectivity index (χ2v) is 6.64. The van der Waals surface area contributed by atoms with E-state index in [-0.39, 0.29) is 5.82 Å². The summed E-state index contributed by atoms with van der Waals surface area (Å²) in [6, 6.07) is 15.1. The van der Waals surface area contributed by atoms with E-state index in [1.165, 1.54) is 23.3 Å². The summed E-state index contributed by atoms with van der Waals surface area (Å²) < 4.78 is 18.1. The minimum absolute atomic E-state index is 0.168. The predicted octanol–water partition coefficient (Wildman–Crippen LogP) is 2.31. The monoisotopic (exact) mass is 404 g/mol. The summed E-state index contributed by atoms with van der Waals surface area (Å²) >= 11 is 0. The molecule has 0 radical (unpaired) electrons. The van der Waals surface area contributed by atoms with Gasteiger partial charge in [0.2, 0.25) is 0 Å². The highest BCUT2D eigenvalue weighted by atomic mass is 19.1. The quantitative estimate of drug-likeness (QED) is 0.739. The van der Waals surface area contributed by atoms with E-state index in [1.807, 2.05) is 24.3 Å². The van der Waals surface area contributed by atoms with Gasteiger partial charge in [0, 0.05) is 39.3 Å². The summed E-state index contributed by atoms with van der Waals surface area (Å²) in [6.45, 7) is 6.10. The molecule has 1 aliphatic rings. The Labute approximate surface area is 168 Å². The van der Waals surface area contributed by atoms with Gasteiger partial charge in [-0.15, -0.1) is 0 Å². The van der Waals surface area contributed by atoms with Gasteiger partial charge in [-0.05, 0) is 35.4 Å². The van der Waals surface area contributed by atoms with Gasteiger partial charge in [0.25, 0.3) is 0 Å². The first-order chi connectivity index (χ1) is 13.9. The van der Waals surface area contributed by atoms with Crippen molar-refractivity contribution in [2.75, 3.05) is 33.3 Å². The molecule has 8 heteroatoms. The average molecular weight is 404 g/mol. The number of nitrogens with zero attached hydrogens (tertiary/aromatic N) is 2. The van der Waals surface area contributed by atoms with Crippen LogP contribution in [0.3, 0.4) is 0 Å². The summed E-state index contributed by atoms with van der Waals surface area (Å²) in [7, 11) is 1.69. The van der Waals surface area contributed by atoms with Gasteiger partial charge in [-0.3, -0.25) is 9.80 Å². The zero-order chi connectivity index (χ0) is 21.2. The lowest BCUT2D eigenvalue weighted by Crippen LogP contribution is -2.45. The molecule has 1 heterocycles. The number of ether oxygens (including phenoxy) is 1. The number of rotatable bonds is 5. The minimum Gasteiger partial charge on any atom is -0.497 e. The van der Waals surface area contributed by atoms with Gasteiger partial charge in [0.05, 0.1) is 7.11 Å². The Hall–Kier alpha value is -2.97. The molecule has 0 unspecified atom stereocenters. The first-order valence-corrected chi connectivity index (χ1v) is 9.15. The van der Waals surface area contributed by atoms with Crippen LogP contribution < -0.4 is 4.74 Å². The van der Waals surface area contributed by atoms with Crippen LogP contribution in [-0.2, 0) is 22.7 Å². The molecule has 7 nitrogen and oxygen atoms in total. The van der Waals surface area contributed by atoms with Crippen molar-refractivity contribution in [1.29, 1.82) is 0 Å². The lowest BCUT2D eigenvalue weighted by Gasteiger charge is -2.34. The lowest BCUT2D eigenvalue weighted by molar-refractivity contribution is -0.159. The molecule has 0 atom stereocenters. The van der Waals surface area contributed by atoms with Crippen LogP contribution in [0, 0.1) is 5.82 Å². The summed E-state index contributed by atoms with van der Waals surface area (Å²) in [5, 5.41) is 14.8. The summed E-state index contributed by atoms with van der Waals surface area (Å²) in [5.74, 6) is -2.92. The molecule has 0 aromatic heterocycles. The third-order valence-corrected chi connectivity index (χ3v) is 4.53. The molecule has 29 heavy (non-hydrogen) atoms. The SMILES string of the molecule is COc1ccc(CN2CCN(Cc3ccc(F)cc3)CC2)cc1.O=C(O)C(=O)O. The summed E-state index contributed by atoms with van der Waals surface area (Å²) in [4.78, 5) is 23.1. The fraction of sp³-hybridized carbons (Fsp3) is 0.333. The molecular weight excluding hydrogens is 379 g/mol. The van der Waals surface area contributed by atoms with Crippen molar-refractivity contribution in [3.8, 4) is 5.75 Å². The minimum atomic E-state index is -1.82. The maximum Gasteiger partial charge on any atom is 0.414 e. The lowest BCUT2D eigenvalue weighted by atomic mass is 10.1. The van der Waals surface area contributed by atoms with Crippen molar-refractivity contribution in [3.63, 3.8) is 0 Å². The number of hydrogen-bond acceptors (Lipinski definition) is 5. The average Bonchev–Trinajstić information content (AvgIpc) is 2.72. The molecule has 1 aliphatic heterocycles. The van der Waals surface area contributed by atoms with Crippen molar-refractivity contribution < 1.29 is 28.9 Å². The van der Waals surface area contributed by atoms with E-state index in [9.17, 15) is 4.39 Å². The molecule has 0 bridgehead atoms. The molecular formula is C21H25FN2O5. The van der Waals surface area contributed by atoms with Crippen molar-refractivity contribution in [2.24, 2.45) is 0 Å². The highest BCUT2D eigenvalue weighted by Crippen LogP contribution is 2.15. The Kier molecular flexibility index (Phi) is 8.57. The topological polar surface area (TPSA) is 90.3 Å². The number of carboxylic acids is 2. The van der Waals surface area contributed by atoms with E-state index in [4.69, 9.17) is 24.5 Å². The number of methoxy groups -OCH3 is 1. The Morgan fingerprint density at radius 2 is 1.21 bits per heavy atom. The van der Waals surface area contributed by atoms with E-state index < -0.39 is 11.9 Å². The van der Waals surface area contributed by atoms with Crippen molar-refractivity contribution in [1.82, 2.24) is 9.80 Å². The van der Waals surface area contributed by atoms with E-state index in [2.05, 4.69) is 21.9 Å². The second kappa shape index (κ2) is 11.1. The van der Waals surface area contributed by atoms with Gasteiger partial charge in [0.1, 0.15) is 11.6 Å². The number of benzene rings is 2. The molecule has 2 N–H and O–H groups in total. The normalized spacial score (nSPS) is 14.6. The van der Waals surface area contributed by atoms with Crippen LogP contribution in [0.2, 0.25) is 0 Å². The first kappa shape index (κ1) is 22.3. The number of aliphatic carboxylic acids is 2. The van der Waals surface area contributed by atoms with Crippen LogP contribution >= 0.6 is 0 Å². The maximum atomic E-state index is 12.9. The van der Waals surface area contributed by atoms with E-state index in [0.717, 1.165) is 45.0 Å². The van der Waals surface area contributed by atoms with Gasteiger partial charge < -0.3 is 14.9 Å². The third-order valence-electron chi connectivity index (χ3n) is 4.53. The van der Waals surface area contributed by atoms with E-state index in [1.54, 1.807) is 7.11 Å². The molecule has 2 aromatic rings. The molecule has 3 rings (SSSR count). The molecule has 0 saturated carbocycles. The van der Waals surface area contributed by atoms with Gasteiger partial charge in [-0.25, -0.2) is 14.0 Å². The van der Waals surface area contributed by atoms with Crippen LogP contribution in [0.1, 0.15) is 11.1 Å². The van der Waals surface area contributed by atoms with Crippen LogP contribution in [0.25, 0.3) is 0 Å². The Morgan fingerprint density at radius 3 is 1.55 bits per heavy atom. The Bertz CT molecular complexity index is 776. The molecule has 0 amide bonds. The van der Waals surface area contributed by atoms with E-state index >= 15 is 0 Å². The Morgan fingerprint density at radius 1 is 0.828 bits per heavy atom. The fourth-order valence-corrected chi connectivity index (χ4v) is 2.94. The predicted molar refractivity (Wildman–Crippen MR) is 105 cm³/mol. The number of piperazine rings is 1. The standard InChI is InChI=1S/C19H23FN2O.C2H2O4/c1-23-19-8-4-17(5-9-19)15-22-12-10-21(11-13-22)14-16-2-6-18(20)7-3-16;3-1(4)2(5)6/h2-9H,10-15H2,1H3;(H,3,4)(H,5,6). The Balaban J connectivity index is 0.000000438. The first-order valence-electron chi connectivity index (χ1n) is 9.15. The molecule has 2 aromatic carbocycles. The smallest absolute Gasteiger partial charge is 0.414 e. The van der Waals surface area contributed by atoms with Gasteiger partial charge in [0.15, 0.2) is 0 Å². The summed E-state index contributed by atoms with van der Waals surface area (Å²) in [6.07, 6.45) is 0. The third kappa shape index (κ3) is 7.89. The number of hydrogen-bond donors (Lipinski definition) is 2. The highest BCUT2D eigenvalue weighted by molar-refractivity contribution is 6.27. The van der Waals surface area contributed by atoms with E-state index in [0.29, 0.717) is 0 Å². The van der Waals surface area contributed by atoms with Crippen LogP contribution in [0.15, 0.2) is 48.5 Å². The van der Waals surface area contributed by atoms with Gasteiger partial charge in [-0.2, -0.15) is 0 Å². The maximum absolute atomic E-state index is 12.9. The van der Waals surface area contributed by atoms with Crippen LogP contribution in [-0.4, -0.2) is 65.2 Å². The van der Waals surface area contributed by atoms with Crippen molar-refractivity contribution >= 4 is 11.9 Å². The molecule has 1 fully saturated rings. The van der Waals surface area contributed by atoms with Crippen molar-refractivity contribution in [3.05, 3.63) is 65.5 Å². The largest absolute Gasteiger partial charge is 0.497 e. The number of carbonyl (C=O) groups is 2. The molecule has 156 valence electrons. The molecule has 0 aliphatic carbocycles. The van der Waals surface area contributed by atoms with Crippen molar-refractivity contribution in [2.45, 2.75) is 13.1 Å². The second-order valence-electron chi connectivity index (χ2n) is 6.64. The summed E-state index contributed by atoms with van der Waals surface area (Å²) in [5.41, 5.74) is 2.49. The van der Waals surface area contributed by atoms with Crippen LogP contribution in [0.5, 0.6) is 5.75 Å².